The number of rotatable bonds is 6. The molecule has 3 heterocycles. The molecule has 12 heteroatoms. The zero-order chi connectivity index (χ0) is 24.9. The maximum atomic E-state index is 12.9. The van der Waals surface area contributed by atoms with Crippen molar-refractivity contribution < 1.29 is 19.7 Å². The standard InChI is InChI=1S/C22H24F2N8O2/c1-12(33)27-22(2)9-14(10-22)25-21-26-20(34-3)19-15(6-7-31(19)29-21)13-4-5-16-17(8-13)32(30-28-16)11-18(23)24/h4-8,14,18H,9-11H2,1-3H3,(H,25,29)(H,27,33)/i7D. The van der Waals surface area contributed by atoms with Crippen molar-refractivity contribution in [3.05, 3.63) is 36.1 Å². The molecule has 1 aliphatic rings. The summed E-state index contributed by atoms with van der Waals surface area (Å²) in [5.74, 6) is 0.183. The number of aromatic nitrogens is 6. The number of fused-ring (bicyclic) bond motifs is 2. The Hall–Kier alpha value is -3.83. The normalized spacial score (nSPS) is 21.2. The molecule has 2 N–H and O–H groups in total. The molecule has 5 rings (SSSR count). The second-order valence-corrected chi connectivity index (χ2v) is 8.73. The van der Waals surface area contributed by atoms with Gasteiger partial charge >= 0.3 is 0 Å². The number of methoxy groups -OCH3 is 1. The van der Waals surface area contributed by atoms with Gasteiger partial charge in [-0.05, 0) is 43.5 Å². The number of halogens is 2. The first-order valence-electron chi connectivity index (χ1n) is 11.3. The maximum Gasteiger partial charge on any atom is 0.258 e. The van der Waals surface area contributed by atoms with Crippen LogP contribution in [0.15, 0.2) is 35.4 Å². The van der Waals surface area contributed by atoms with Crippen LogP contribution in [0.25, 0.3) is 27.7 Å². The summed E-state index contributed by atoms with van der Waals surface area (Å²) < 4.78 is 42.6. The van der Waals surface area contributed by atoms with E-state index in [1.54, 1.807) is 24.3 Å². The zero-order valence-electron chi connectivity index (χ0n) is 19.8. The molecule has 0 bridgehead atoms. The molecule has 3 aromatic heterocycles. The van der Waals surface area contributed by atoms with Gasteiger partial charge in [-0.15, -0.1) is 5.10 Å². The highest BCUT2D eigenvalue weighted by atomic mass is 19.3. The van der Waals surface area contributed by atoms with Crippen LogP contribution in [0.3, 0.4) is 0 Å². The summed E-state index contributed by atoms with van der Waals surface area (Å²) in [5.41, 5.74) is 2.79. The van der Waals surface area contributed by atoms with E-state index in [-0.39, 0.29) is 29.5 Å². The largest absolute Gasteiger partial charge is 0.479 e. The molecule has 0 spiro atoms. The first kappa shape index (κ1) is 20.8. The van der Waals surface area contributed by atoms with Crippen molar-refractivity contribution in [2.45, 2.75) is 51.2 Å². The summed E-state index contributed by atoms with van der Waals surface area (Å²) in [6.07, 6.45) is -1.07. The van der Waals surface area contributed by atoms with E-state index in [0.717, 1.165) is 4.68 Å². The number of amides is 1. The highest BCUT2D eigenvalue weighted by molar-refractivity contribution is 5.89. The number of alkyl halides is 2. The average molecular weight is 471 g/mol. The van der Waals surface area contributed by atoms with Gasteiger partial charge in [0.05, 0.1) is 20.0 Å². The fourth-order valence-corrected chi connectivity index (χ4v) is 4.55. The Labute approximate surface area is 194 Å². The van der Waals surface area contributed by atoms with Crippen molar-refractivity contribution in [3.63, 3.8) is 0 Å². The van der Waals surface area contributed by atoms with Crippen LogP contribution in [0.1, 0.15) is 28.1 Å². The summed E-state index contributed by atoms with van der Waals surface area (Å²) in [4.78, 5) is 20.5. The molecule has 1 fully saturated rings. The topological polar surface area (TPSA) is 114 Å². The van der Waals surface area contributed by atoms with Crippen molar-refractivity contribution in [2.24, 2.45) is 4.99 Å². The Morgan fingerprint density at radius 1 is 1.44 bits per heavy atom. The Bertz CT molecular complexity index is 1500. The van der Waals surface area contributed by atoms with Gasteiger partial charge in [0.25, 0.3) is 6.43 Å². The molecule has 0 saturated heterocycles. The van der Waals surface area contributed by atoms with E-state index in [0.29, 0.717) is 46.1 Å². The van der Waals surface area contributed by atoms with Crippen molar-refractivity contribution in [2.75, 3.05) is 7.11 Å². The minimum Gasteiger partial charge on any atom is -0.479 e. The first-order valence-corrected chi connectivity index (χ1v) is 10.8. The quantitative estimate of drug-likeness (QED) is 0.448. The molecule has 1 aromatic carbocycles. The number of H-pyrrole nitrogens is 1. The van der Waals surface area contributed by atoms with Crippen LogP contribution >= 0.6 is 0 Å². The number of nitrogens with zero attached hydrogens (tertiary/aromatic N) is 6. The minimum atomic E-state index is -2.56. The van der Waals surface area contributed by atoms with Gasteiger partial charge in [-0.25, -0.2) is 18.5 Å². The molecule has 1 saturated carbocycles. The Balaban J connectivity index is 1.55. The van der Waals surface area contributed by atoms with Gasteiger partial charge in [-0.3, -0.25) is 14.4 Å². The molecule has 1 aliphatic carbocycles. The van der Waals surface area contributed by atoms with E-state index in [1.165, 1.54) is 18.5 Å². The molecule has 0 unspecified atom stereocenters. The number of carbonyl (C=O) groups excluding carboxylic acids is 1. The van der Waals surface area contributed by atoms with Crippen LogP contribution in [0.4, 0.5) is 8.78 Å². The fourth-order valence-electron chi connectivity index (χ4n) is 4.55. The van der Waals surface area contributed by atoms with Gasteiger partial charge in [0.2, 0.25) is 17.4 Å². The Morgan fingerprint density at radius 2 is 2.24 bits per heavy atom. The van der Waals surface area contributed by atoms with Crippen LogP contribution in [-0.2, 0) is 11.3 Å². The minimum absolute atomic E-state index is 0.0352. The number of benzene rings is 1. The fraction of sp³-hybridized carbons (Fsp3) is 0.409. The van der Waals surface area contributed by atoms with Crippen molar-refractivity contribution in [3.8, 4) is 17.0 Å². The number of ether oxygens (including phenoxy) is 1. The van der Waals surface area contributed by atoms with Crippen LogP contribution in [0.5, 0.6) is 5.88 Å². The SMILES string of the molecule is [2H]c1cc(-c2ccc3nnn(CC(F)F)c3c2)c2c(OC)nc(=NC3CC(C)(NC(C)=O)C3)[nH]n12. The second kappa shape index (κ2) is 8.19. The van der Waals surface area contributed by atoms with Gasteiger partial charge in [0.15, 0.2) is 0 Å². The average Bonchev–Trinajstić information content (AvgIpc) is 3.32. The Morgan fingerprint density at radius 3 is 2.94 bits per heavy atom. The summed E-state index contributed by atoms with van der Waals surface area (Å²) in [7, 11) is 1.48. The predicted molar refractivity (Wildman–Crippen MR) is 119 cm³/mol. The highest BCUT2D eigenvalue weighted by Crippen LogP contribution is 2.34. The van der Waals surface area contributed by atoms with Crippen molar-refractivity contribution >= 4 is 22.5 Å². The lowest BCUT2D eigenvalue weighted by Gasteiger charge is -2.43. The van der Waals surface area contributed by atoms with E-state index in [1.807, 2.05) is 6.92 Å². The van der Waals surface area contributed by atoms with Gasteiger partial charge in [0.1, 0.15) is 17.6 Å². The van der Waals surface area contributed by atoms with Crippen LogP contribution in [-0.4, -0.2) is 60.6 Å². The third-order valence-corrected chi connectivity index (χ3v) is 5.92. The number of nitrogens with one attached hydrogen (secondary N) is 2. The highest BCUT2D eigenvalue weighted by Gasteiger charge is 2.40. The third kappa shape index (κ3) is 3.99. The number of hydrogen-bond acceptors (Lipinski definition) is 6. The molecule has 1 amide bonds. The number of carbonyl (C=O) groups is 1. The molecule has 34 heavy (non-hydrogen) atoms. The van der Waals surface area contributed by atoms with E-state index in [9.17, 15) is 13.6 Å². The van der Waals surface area contributed by atoms with Crippen LogP contribution in [0.2, 0.25) is 0 Å². The van der Waals surface area contributed by atoms with Gasteiger partial charge in [-0.2, -0.15) is 4.98 Å². The number of aromatic amines is 1. The number of hydrogen-bond donors (Lipinski definition) is 2. The second-order valence-electron chi connectivity index (χ2n) is 8.73. The molecule has 4 aromatic rings. The van der Waals surface area contributed by atoms with E-state index >= 15 is 0 Å². The summed E-state index contributed by atoms with van der Waals surface area (Å²) >= 11 is 0. The molecular formula is C22H24F2N8O2. The maximum absolute atomic E-state index is 12.9. The van der Waals surface area contributed by atoms with Crippen molar-refractivity contribution in [1.82, 2.24) is 34.9 Å². The lowest BCUT2D eigenvalue weighted by Crippen LogP contribution is -2.56. The third-order valence-electron chi connectivity index (χ3n) is 5.92. The molecule has 0 aliphatic heterocycles. The monoisotopic (exact) mass is 471 g/mol. The van der Waals surface area contributed by atoms with E-state index < -0.39 is 13.0 Å². The molecule has 10 nitrogen and oxygen atoms in total. The lowest BCUT2D eigenvalue weighted by atomic mass is 9.74. The van der Waals surface area contributed by atoms with Gasteiger partial charge < -0.3 is 10.1 Å². The Kier molecular flexibility index (Phi) is 5.00. The van der Waals surface area contributed by atoms with Gasteiger partial charge in [-0.1, -0.05) is 11.3 Å². The van der Waals surface area contributed by atoms with Crippen LogP contribution in [0, 0.1) is 0 Å². The van der Waals surface area contributed by atoms with Gasteiger partial charge in [0, 0.05) is 24.2 Å². The molecular weight excluding hydrogens is 446 g/mol. The predicted octanol–water partition coefficient (Wildman–Crippen LogP) is 2.31. The molecule has 178 valence electrons. The summed E-state index contributed by atoms with van der Waals surface area (Å²) in [6, 6.07) is 6.80. The van der Waals surface area contributed by atoms with E-state index in [4.69, 9.17) is 6.11 Å². The van der Waals surface area contributed by atoms with Crippen molar-refractivity contribution in [1.29, 1.82) is 0 Å². The molecule has 0 atom stereocenters. The first-order chi connectivity index (χ1) is 16.7. The molecule has 0 radical (unpaired) electrons. The smallest absolute Gasteiger partial charge is 0.258 e. The summed E-state index contributed by atoms with van der Waals surface area (Å²) in [5, 5.41) is 13.8. The lowest BCUT2D eigenvalue weighted by molar-refractivity contribution is -0.121. The zero-order valence-corrected chi connectivity index (χ0v) is 18.8. The van der Waals surface area contributed by atoms with Crippen LogP contribution < -0.4 is 15.7 Å². The summed E-state index contributed by atoms with van der Waals surface area (Å²) in [6.45, 7) is 2.90. The van der Waals surface area contributed by atoms with E-state index in [2.05, 4.69) is 30.7 Å².